The van der Waals surface area contributed by atoms with E-state index in [1.165, 1.54) is 11.8 Å². The zero-order valence-corrected chi connectivity index (χ0v) is 13.3. The summed E-state index contributed by atoms with van der Waals surface area (Å²) in [5.41, 5.74) is 1.23. The van der Waals surface area contributed by atoms with E-state index in [0.29, 0.717) is 4.47 Å². The van der Waals surface area contributed by atoms with Gasteiger partial charge >= 0.3 is 5.97 Å². The lowest BCUT2D eigenvalue weighted by molar-refractivity contribution is 0.0695. The SMILES string of the molecule is O=C(O)c1cc(Sc2nc3ccccc3s2)ccc1Br. The minimum Gasteiger partial charge on any atom is -0.478 e. The number of halogens is 1. The molecule has 20 heavy (non-hydrogen) atoms. The molecule has 0 aliphatic carbocycles. The van der Waals surface area contributed by atoms with E-state index in [0.717, 1.165) is 19.5 Å². The molecule has 6 heteroatoms. The molecule has 0 spiro atoms. The normalized spacial score (nSPS) is 10.8. The second kappa shape index (κ2) is 5.55. The van der Waals surface area contributed by atoms with Gasteiger partial charge in [0.25, 0.3) is 0 Å². The fourth-order valence-electron chi connectivity index (χ4n) is 1.73. The van der Waals surface area contributed by atoms with Crippen LogP contribution in [-0.4, -0.2) is 16.1 Å². The van der Waals surface area contributed by atoms with Crippen molar-refractivity contribution in [1.82, 2.24) is 4.98 Å². The number of para-hydroxylation sites is 1. The molecule has 2 aromatic carbocycles. The summed E-state index contributed by atoms with van der Waals surface area (Å²) >= 11 is 6.32. The lowest BCUT2D eigenvalue weighted by Gasteiger charge is -2.02. The van der Waals surface area contributed by atoms with Crippen molar-refractivity contribution in [2.45, 2.75) is 9.24 Å². The lowest BCUT2D eigenvalue weighted by Crippen LogP contribution is -1.97. The average molecular weight is 366 g/mol. The third-order valence-corrected chi connectivity index (χ3v) is 5.43. The van der Waals surface area contributed by atoms with E-state index in [2.05, 4.69) is 20.9 Å². The van der Waals surface area contributed by atoms with Gasteiger partial charge in [-0.25, -0.2) is 9.78 Å². The molecule has 0 saturated heterocycles. The summed E-state index contributed by atoms with van der Waals surface area (Å²) in [5.74, 6) is -0.941. The Balaban J connectivity index is 1.94. The molecule has 3 aromatic rings. The molecular weight excluding hydrogens is 358 g/mol. The maximum atomic E-state index is 11.1. The number of aromatic carboxylic acids is 1. The topological polar surface area (TPSA) is 50.2 Å². The van der Waals surface area contributed by atoms with Crippen molar-refractivity contribution in [3.8, 4) is 0 Å². The summed E-state index contributed by atoms with van der Waals surface area (Å²) in [7, 11) is 0. The Labute approximate surface area is 131 Å². The number of carbonyl (C=O) groups is 1. The Morgan fingerprint density at radius 2 is 2.05 bits per heavy atom. The van der Waals surface area contributed by atoms with Gasteiger partial charge in [0.05, 0.1) is 15.8 Å². The molecule has 1 N–H and O–H groups in total. The van der Waals surface area contributed by atoms with Gasteiger partial charge in [0.1, 0.15) is 0 Å². The van der Waals surface area contributed by atoms with Gasteiger partial charge in [0.15, 0.2) is 4.34 Å². The zero-order chi connectivity index (χ0) is 14.1. The summed E-state index contributed by atoms with van der Waals surface area (Å²) in [6.45, 7) is 0. The molecule has 0 aliphatic heterocycles. The standard InChI is InChI=1S/C14H8BrNO2S2/c15-10-6-5-8(7-9(10)13(17)18)19-14-16-11-3-1-2-4-12(11)20-14/h1-7H,(H,17,18). The fourth-order valence-corrected chi connectivity index (χ4v) is 4.22. The third kappa shape index (κ3) is 2.72. The summed E-state index contributed by atoms with van der Waals surface area (Å²) in [6, 6.07) is 13.2. The van der Waals surface area contributed by atoms with Crippen LogP contribution in [0.25, 0.3) is 10.2 Å². The van der Waals surface area contributed by atoms with Crippen LogP contribution in [0.4, 0.5) is 0 Å². The first-order valence-corrected chi connectivity index (χ1v) is 8.12. The Hall–Kier alpha value is -1.37. The molecule has 0 unspecified atom stereocenters. The summed E-state index contributed by atoms with van der Waals surface area (Å²) in [4.78, 5) is 16.5. The second-order valence-corrected chi connectivity index (χ2v) is 7.20. The number of nitrogens with zero attached hydrogens (tertiary/aromatic N) is 1. The predicted molar refractivity (Wildman–Crippen MR) is 84.8 cm³/mol. The Bertz CT molecular complexity index is 768. The minimum absolute atomic E-state index is 0.260. The molecule has 0 aliphatic rings. The minimum atomic E-state index is -0.941. The number of benzene rings is 2. The van der Waals surface area contributed by atoms with E-state index in [-0.39, 0.29) is 5.56 Å². The van der Waals surface area contributed by atoms with Gasteiger partial charge in [-0.1, -0.05) is 23.9 Å². The highest BCUT2D eigenvalue weighted by atomic mass is 79.9. The van der Waals surface area contributed by atoms with Crippen LogP contribution >= 0.6 is 39.0 Å². The van der Waals surface area contributed by atoms with Crippen molar-refractivity contribution in [3.05, 3.63) is 52.5 Å². The first kappa shape index (κ1) is 13.6. The summed E-state index contributed by atoms with van der Waals surface area (Å²) < 4.78 is 2.62. The highest BCUT2D eigenvalue weighted by Crippen LogP contribution is 2.35. The highest BCUT2D eigenvalue weighted by Gasteiger charge is 2.11. The van der Waals surface area contributed by atoms with Crippen LogP contribution in [-0.2, 0) is 0 Å². The number of carboxylic acids is 1. The summed E-state index contributed by atoms with van der Waals surface area (Å²) in [6.07, 6.45) is 0. The molecule has 100 valence electrons. The molecule has 0 bridgehead atoms. The van der Waals surface area contributed by atoms with Crippen molar-refractivity contribution >= 4 is 55.2 Å². The van der Waals surface area contributed by atoms with E-state index in [9.17, 15) is 4.79 Å². The van der Waals surface area contributed by atoms with Gasteiger partial charge in [-0.3, -0.25) is 0 Å². The van der Waals surface area contributed by atoms with Crippen LogP contribution in [0, 0.1) is 0 Å². The quantitative estimate of drug-likeness (QED) is 0.716. The fraction of sp³-hybridized carbons (Fsp3) is 0. The Morgan fingerprint density at radius 3 is 2.80 bits per heavy atom. The van der Waals surface area contributed by atoms with Gasteiger partial charge in [-0.05, 0) is 46.3 Å². The number of carboxylic acid groups (broad SMARTS) is 1. The van der Waals surface area contributed by atoms with Crippen LogP contribution in [0.3, 0.4) is 0 Å². The largest absolute Gasteiger partial charge is 0.478 e. The van der Waals surface area contributed by atoms with E-state index in [1.807, 2.05) is 30.3 Å². The first-order chi connectivity index (χ1) is 9.63. The Kier molecular flexibility index (Phi) is 3.78. The maximum absolute atomic E-state index is 11.1. The molecule has 0 saturated carbocycles. The number of aromatic nitrogens is 1. The number of rotatable bonds is 3. The molecule has 3 rings (SSSR count). The highest BCUT2D eigenvalue weighted by molar-refractivity contribution is 9.10. The molecule has 3 nitrogen and oxygen atoms in total. The molecular formula is C14H8BrNO2S2. The van der Waals surface area contributed by atoms with Crippen LogP contribution in [0.2, 0.25) is 0 Å². The van der Waals surface area contributed by atoms with E-state index in [1.54, 1.807) is 23.5 Å². The number of fused-ring (bicyclic) bond motifs is 1. The molecule has 0 radical (unpaired) electrons. The van der Waals surface area contributed by atoms with Gasteiger partial charge in [-0.15, -0.1) is 11.3 Å². The number of hydrogen-bond donors (Lipinski definition) is 1. The van der Waals surface area contributed by atoms with Gasteiger partial charge in [0.2, 0.25) is 0 Å². The van der Waals surface area contributed by atoms with Gasteiger partial charge in [-0.2, -0.15) is 0 Å². The monoisotopic (exact) mass is 365 g/mol. The zero-order valence-electron chi connectivity index (χ0n) is 10.0. The van der Waals surface area contributed by atoms with E-state index >= 15 is 0 Å². The second-order valence-electron chi connectivity index (χ2n) is 4.00. The smallest absolute Gasteiger partial charge is 0.336 e. The van der Waals surface area contributed by atoms with Gasteiger partial charge in [0, 0.05) is 9.37 Å². The molecule has 1 heterocycles. The third-order valence-electron chi connectivity index (χ3n) is 2.65. The Morgan fingerprint density at radius 1 is 1.25 bits per heavy atom. The predicted octanol–water partition coefficient (Wildman–Crippen LogP) is 4.91. The van der Waals surface area contributed by atoms with Crippen LogP contribution < -0.4 is 0 Å². The van der Waals surface area contributed by atoms with Crippen molar-refractivity contribution in [2.75, 3.05) is 0 Å². The number of hydrogen-bond acceptors (Lipinski definition) is 4. The van der Waals surface area contributed by atoms with Crippen molar-refractivity contribution in [1.29, 1.82) is 0 Å². The first-order valence-electron chi connectivity index (χ1n) is 5.70. The van der Waals surface area contributed by atoms with E-state index < -0.39 is 5.97 Å². The molecule has 0 fully saturated rings. The van der Waals surface area contributed by atoms with Crippen LogP contribution in [0.5, 0.6) is 0 Å². The van der Waals surface area contributed by atoms with Crippen molar-refractivity contribution < 1.29 is 9.90 Å². The van der Waals surface area contributed by atoms with Crippen LogP contribution in [0.15, 0.2) is 56.2 Å². The molecule has 0 atom stereocenters. The maximum Gasteiger partial charge on any atom is 0.336 e. The molecule has 1 aromatic heterocycles. The molecule has 0 amide bonds. The van der Waals surface area contributed by atoms with Crippen LogP contribution in [0.1, 0.15) is 10.4 Å². The summed E-state index contributed by atoms with van der Waals surface area (Å²) in [5, 5.41) is 9.12. The van der Waals surface area contributed by atoms with E-state index in [4.69, 9.17) is 5.11 Å². The van der Waals surface area contributed by atoms with Gasteiger partial charge < -0.3 is 5.11 Å². The lowest BCUT2D eigenvalue weighted by atomic mass is 10.2. The number of thiazole rings is 1. The van der Waals surface area contributed by atoms with Crippen molar-refractivity contribution in [2.24, 2.45) is 0 Å². The average Bonchev–Trinajstić information content (AvgIpc) is 2.82. The van der Waals surface area contributed by atoms with Crippen molar-refractivity contribution in [3.63, 3.8) is 0 Å².